The molecular weight excluding hydrogens is 204 g/mol. The molecule has 0 atom stereocenters. The van der Waals surface area contributed by atoms with Crippen molar-refractivity contribution in [2.45, 2.75) is 51.2 Å². The Bertz CT molecular complexity index is 311. The zero-order valence-electron chi connectivity index (χ0n) is 9.66. The van der Waals surface area contributed by atoms with Gasteiger partial charge in [-0.1, -0.05) is 0 Å². The van der Waals surface area contributed by atoms with Crippen LogP contribution in [-0.4, -0.2) is 24.7 Å². The first-order valence-electron chi connectivity index (χ1n) is 6.04. The molecule has 0 aromatic heterocycles. The van der Waals surface area contributed by atoms with Crippen molar-refractivity contribution in [2.75, 3.05) is 6.61 Å². The lowest BCUT2D eigenvalue weighted by atomic mass is 9.69. The van der Waals surface area contributed by atoms with Gasteiger partial charge in [0.05, 0.1) is 12.2 Å². The third kappa shape index (κ3) is 1.92. The molecule has 1 amide bonds. The molecule has 4 nitrogen and oxygen atoms in total. The number of ether oxygens (including phenoxy) is 1. The predicted octanol–water partition coefficient (Wildman–Crippen LogP) is 1.36. The standard InChI is InChI=1S/C12H18N2O2/c1-2-16-10-6-9(7-10)14-11(15)12(8-13)4-3-5-12/h9-10H,2-7H2,1H3,(H,14,15). The van der Waals surface area contributed by atoms with E-state index in [1.54, 1.807) is 0 Å². The number of nitrogens with one attached hydrogen (secondary N) is 1. The van der Waals surface area contributed by atoms with Gasteiger partial charge in [-0.05, 0) is 39.0 Å². The highest BCUT2D eigenvalue weighted by atomic mass is 16.5. The Labute approximate surface area is 96.0 Å². The van der Waals surface area contributed by atoms with E-state index in [0.717, 1.165) is 38.7 Å². The Balaban J connectivity index is 1.75. The van der Waals surface area contributed by atoms with Crippen LogP contribution in [0.1, 0.15) is 39.0 Å². The zero-order chi connectivity index (χ0) is 11.6. The molecule has 0 spiro atoms. The number of nitrogens with zero attached hydrogens (tertiary/aromatic N) is 1. The molecule has 4 heteroatoms. The van der Waals surface area contributed by atoms with Crippen LogP contribution in [0.5, 0.6) is 0 Å². The first-order valence-corrected chi connectivity index (χ1v) is 6.04. The van der Waals surface area contributed by atoms with Crippen molar-refractivity contribution in [2.24, 2.45) is 5.41 Å². The molecule has 0 aromatic rings. The van der Waals surface area contributed by atoms with E-state index >= 15 is 0 Å². The molecule has 16 heavy (non-hydrogen) atoms. The number of rotatable bonds is 4. The molecule has 0 aliphatic heterocycles. The SMILES string of the molecule is CCOC1CC(NC(=O)C2(C#N)CCC2)C1. The van der Waals surface area contributed by atoms with E-state index in [1.165, 1.54) is 0 Å². The van der Waals surface area contributed by atoms with Crippen LogP contribution in [0.2, 0.25) is 0 Å². The second-order valence-corrected chi connectivity index (χ2v) is 4.77. The summed E-state index contributed by atoms with van der Waals surface area (Å²) in [4.78, 5) is 11.9. The molecule has 1 N–H and O–H groups in total. The minimum absolute atomic E-state index is 0.0683. The third-order valence-corrected chi connectivity index (χ3v) is 3.69. The number of carbonyl (C=O) groups excluding carboxylic acids is 1. The summed E-state index contributed by atoms with van der Waals surface area (Å²) >= 11 is 0. The van der Waals surface area contributed by atoms with E-state index in [1.807, 2.05) is 6.92 Å². The molecule has 2 saturated carbocycles. The fourth-order valence-corrected chi connectivity index (χ4v) is 2.30. The van der Waals surface area contributed by atoms with Crippen LogP contribution < -0.4 is 5.32 Å². The van der Waals surface area contributed by atoms with Crippen molar-refractivity contribution in [1.29, 1.82) is 5.26 Å². The van der Waals surface area contributed by atoms with Gasteiger partial charge in [-0.25, -0.2) is 0 Å². The van der Waals surface area contributed by atoms with Crippen LogP contribution in [0.15, 0.2) is 0 Å². The summed E-state index contributed by atoms with van der Waals surface area (Å²) < 4.78 is 5.43. The van der Waals surface area contributed by atoms with Crippen molar-refractivity contribution in [3.63, 3.8) is 0 Å². The lowest BCUT2D eigenvalue weighted by molar-refractivity contribution is -0.134. The van der Waals surface area contributed by atoms with Crippen molar-refractivity contribution < 1.29 is 9.53 Å². The van der Waals surface area contributed by atoms with Crippen molar-refractivity contribution in [3.8, 4) is 6.07 Å². The molecule has 0 unspecified atom stereocenters. The highest BCUT2D eigenvalue weighted by molar-refractivity contribution is 5.86. The molecule has 2 fully saturated rings. The molecule has 2 rings (SSSR count). The van der Waals surface area contributed by atoms with E-state index in [-0.39, 0.29) is 11.9 Å². The maximum atomic E-state index is 11.9. The molecular formula is C12H18N2O2. The van der Waals surface area contributed by atoms with Crippen molar-refractivity contribution in [3.05, 3.63) is 0 Å². The zero-order valence-corrected chi connectivity index (χ0v) is 9.66. The fraction of sp³-hybridized carbons (Fsp3) is 0.833. The lowest BCUT2D eigenvalue weighted by Gasteiger charge is -2.39. The number of hydrogen-bond donors (Lipinski definition) is 1. The molecule has 0 bridgehead atoms. The summed E-state index contributed by atoms with van der Waals surface area (Å²) in [6.45, 7) is 2.71. The van der Waals surface area contributed by atoms with E-state index in [0.29, 0.717) is 6.10 Å². The second-order valence-electron chi connectivity index (χ2n) is 4.77. The average molecular weight is 222 g/mol. The van der Waals surface area contributed by atoms with E-state index in [4.69, 9.17) is 10.00 Å². The van der Waals surface area contributed by atoms with Gasteiger partial charge < -0.3 is 10.1 Å². The maximum absolute atomic E-state index is 11.9. The van der Waals surface area contributed by atoms with Gasteiger partial charge in [-0.3, -0.25) is 4.79 Å². The van der Waals surface area contributed by atoms with Crippen LogP contribution >= 0.6 is 0 Å². The van der Waals surface area contributed by atoms with Crippen LogP contribution in [0.4, 0.5) is 0 Å². The fourth-order valence-electron chi connectivity index (χ4n) is 2.30. The molecule has 0 aromatic carbocycles. The van der Waals surface area contributed by atoms with Gasteiger partial charge in [0.2, 0.25) is 5.91 Å². The Morgan fingerprint density at radius 1 is 1.56 bits per heavy atom. The van der Waals surface area contributed by atoms with Gasteiger partial charge in [-0.2, -0.15) is 5.26 Å². The summed E-state index contributed by atoms with van der Waals surface area (Å²) in [5.41, 5.74) is -0.712. The Morgan fingerprint density at radius 2 is 2.25 bits per heavy atom. The minimum Gasteiger partial charge on any atom is -0.378 e. The third-order valence-electron chi connectivity index (χ3n) is 3.69. The molecule has 0 radical (unpaired) electrons. The first kappa shape index (κ1) is 11.4. The van der Waals surface area contributed by atoms with Gasteiger partial charge in [0.1, 0.15) is 5.41 Å². The largest absolute Gasteiger partial charge is 0.378 e. The normalized spacial score (nSPS) is 30.8. The highest BCUT2D eigenvalue weighted by Gasteiger charge is 2.46. The monoisotopic (exact) mass is 222 g/mol. The topological polar surface area (TPSA) is 62.1 Å². The number of nitriles is 1. The number of carbonyl (C=O) groups is 1. The van der Waals surface area contributed by atoms with Crippen LogP contribution in [0.3, 0.4) is 0 Å². The van der Waals surface area contributed by atoms with E-state index in [9.17, 15) is 4.79 Å². The summed E-state index contributed by atoms with van der Waals surface area (Å²) in [6.07, 6.45) is 4.51. The van der Waals surface area contributed by atoms with Gasteiger partial charge in [0, 0.05) is 12.6 Å². The minimum atomic E-state index is -0.712. The molecule has 2 aliphatic carbocycles. The van der Waals surface area contributed by atoms with Crippen molar-refractivity contribution in [1.82, 2.24) is 5.32 Å². The van der Waals surface area contributed by atoms with Gasteiger partial charge in [0.15, 0.2) is 0 Å². The second kappa shape index (κ2) is 4.42. The van der Waals surface area contributed by atoms with Crippen LogP contribution in [0, 0.1) is 16.7 Å². The molecule has 0 heterocycles. The van der Waals surface area contributed by atoms with E-state index in [2.05, 4.69) is 11.4 Å². The number of hydrogen-bond acceptors (Lipinski definition) is 3. The molecule has 88 valence electrons. The van der Waals surface area contributed by atoms with Crippen LogP contribution in [-0.2, 0) is 9.53 Å². The molecule has 0 saturated heterocycles. The highest BCUT2D eigenvalue weighted by Crippen LogP contribution is 2.41. The summed E-state index contributed by atoms with van der Waals surface area (Å²) in [5, 5.41) is 12.0. The summed E-state index contributed by atoms with van der Waals surface area (Å²) in [6, 6.07) is 2.38. The Hall–Kier alpha value is -1.08. The van der Waals surface area contributed by atoms with Gasteiger partial charge in [0.25, 0.3) is 0 Å². The maximum Gasteiger partial charge on any atom is 0.240 e. The average Bonchev–Trinajstić information content (AvgIpc) is 2.14. The number of amides is 1. The van der Waals surface area contributed by atoms with Gasteiger partial charge >= 0.3 is 0 Å². The smallest absolute Gasteiger partial charge is 0.240 e. The van der Waals surface area contributed by atoms with Crippen LogP contribution in [0.25, 0.3) is 0 Å². The lowest BCUT2D eigenvalue weighted by Crippen LogP contribution is -2.53. The van der Waals surface area contributed by atoms with Gasteiger partial charge in [-0.15, -0.1) is 0 Å². The Morgan fingerprint density at radius 3 is 2.69 bits per heavy atom. The first-order chi connectivity index (χ1) is 7.70. The summed E-state index contributed by atoms with van der Waals surface area (Å²) in [5.74, 6) is -0.0683. The predicted molar refractivity (Wildman–Crippen MR) is 58.5 cm³/mol. The Kier molecular flexibility index (Phi) is 3.15. The summed E-state index contributed by atoms with van der Waals surface area (Å²) in [7, 11) is 0. The van der Waals surface area contributed by atoms with E-state index < -0.39 is 5.41 Å². The molecule has 2 aliphatic rings. The quantitative estimate of drug-likeness (QED) is 0.781. The van der Waals surface area contributed by atoms with Crippen molar-refractivity contribution >= 4 is 5.91 Å².